The Hall–Kier alpha value is -4.46. The molecule has 0 amide bonds. The van der Waals surface area contributed by atoms with Crippen molar-refractivity contribution in [2.45, 2.75) is 57.4 Å². The number of fused-ring (bicyclic) bond motifs is 1. The van der Waals surface area contributed by atoms with Crippen LogP contribution in [0.3, 0.4) is 0 Å². The van der Waals surface area contributed by atoms with E-state index in [1.807, 2.05) is 66.7 Å². The van der Waals surface area contributed by atoms with E-state index < -0.39 is 0 Å². The van der Waals surface area contributed by atoms with Gasteiger partial charge in [0.15, 0.2) is 0 Å². The Balaban J connectivity index is 1.17. The Kier molecular flexibility index (Phi) is 10.5. The highest BCUT2D eigenvalue weighted by atomic mass is 32.1. The molecule has 48 heavy (non-hydrogen) atoms. The number of aromatic hydroxyl groups is 1. The highest BCUT2D eigenvalue weighted by Gasteiger charge is 2.33. The van der Waals surface area contributed by atoms with E-state index in [2.05, 4.69) is 60.7 Å². The number of ether oxygens (including phenoxy) is 4. The van der Waals surface area contributed by atoms with Crippen LogP contribution < -0.4 is 4.74 Å². The van der Waals surface area contributed by atoms with Gasteiger partial charge in [0.05, 0.1) is 38.1 Å². The number of phenolic OH excluding ortho intramolecular Hbond substituents is 1. The number of phenols is 1. The Bertz CT molecular complexity index is 1860. The van der Waals surface area contributed by atoms with Gasteiger partial charge in [0.1, 0.15) is 18.1 Å². The highest BCUT2D eigenvalue weighted by Crippen LogP contribution is 2.42. The summed E-state index contributed by atoms with van der Waals surface area (Å²) in [4.78, 5) is 1.19. The molecule has 6 heteroatoms. The minimum Gasteiger partial charge on any atom is -0.508 e. The number of benzene rings is 5. The van der Waals surface area contributed by atoms with Crippen LogP contribution in [0.15, 0.2) is 133 Å². The van der Waals surface area contributed by atoms with Crippen molar-refractivity contribution in [3.05, 3.63) is 166 Å². The molecule has 3 unspecified atom stereocenters. The predicted molar refractivity (Wildman–Crippen MR) is 191 cm³/mol. The van der Waals surface area contributed by atoms with E-state index in [0.717, 1.165) is 34.2 Å². The van der Waals surface area contributed by atoms with Gasteiger partial charge in [0.2, 0.25) is 0 Å². The molecule has 7 rings (SSSR count). The average molecular weight is 657 g/mol. The molecule has 5 aromatic carbocycles. The molecule has 2 heterocycles. The summed E-state index contributed by atoms with van der Waals surface area (Å²) in [5, 5.41) is 12.5. The molecule has 6 aromatic rings. The van der Waals surface area contributed by atoms with Crippen molar-refractivity contribution in [3.8, 4) is 11.5 Å². The van der Waals surface area contributed by atoms with Crippen LogP contribution >= 0.6 is 11.3 Å². The van der Waals surface area contributed by atoms with Gasteiger partial charge in [-0.3, -0.25) is 0 Å². The molecule has 1 aliphatic heterocycles. The van der Waals surface area contributed by atoms with Gasteiger partial charge in [0, 0.05) is 40.5 Å². The van der Waals surface area contributed by atoms with Gasteiger partial charge in [-0.25, -0.2) is 0 Å². The number of thiophene rings is 1. The standard InChI is InChI=1S/C42H40O5S/c43-39-25-40(46-28-32-16-8-3-9-17-32)38(22-34(39)21-37-20-33-18-10-11-19-42(33)48-37)41-24-35(45-27-31-14-6-2-7-15-31)23-36(47-41)29-44-26-30-12-4-1-5-13-30/h1-20,22,25,35-36,41,43H,21,23-24,26-29H2. The summed E-state index contributed by atoms with van der Waals surface area (Å²) in [5.41, 5.74) is 5.08. The van der Waals surface area contributed by atoms with Crippen LogP contribution in [-0.4, -0.2) is 23.9 Å². The van der Waals surface area contributed by atoms with Crippen molar-refractivity contribution in [3.63, 3.8) is 0 Å². The summed E-state index contributed by atoms with van der Waals surface area (Å²) < 4.78 is 27.2. The van der Waals surface area contributed by atoms with Crippen LogP contribution in [0.1, 0.15) is 51.6 Å². The van der Waals surface area contributed by atoms with Crippen molar-refractivity contribution in [1.29, 1.82) is 0 Å². The largest absolute Gasteiger partial charge is 0.508 e. The maximum Gasteiger partial charge on any atom is 0.129 e. The maximum atomic E-state index is 11.3. The molecule has 0 spiro atoms. The van der Waals surface area contributed by atoms with E-state index >= 15 is 0 Å². The van der Waals surface area contributed by atoms with Gasteiger partial charge in [-0.2, -0.15) is 0 Å². The molecular weight excluding hydrogens is 617 g/mol. The highest BCUT2D eigenvalue weighted by molar-refractivity contribution is 7.19. The van der Waals surface area contributed by atoms with Crippen LogP contribution in [0.2, 0.25) is 0 Å². The third kappa shape index (κ3) is 8.33. The molecule has 244 valence electrons. The van der Waals surface area contributed by atoms with Gasteiger partial charge in [0.25, 0.3) is 0 Å². The van der Waals surface area contributed by atoms with E-state index in [0.29, 0.717) is 45.0 Å². The first-order valence-electron chi connectivity index (χ1n) is 16.6. The Morgan fingerprint density at radius 3 is 2.04 bits per heavy atom. The van der Waals surface area contributed by atoms with Crippen molar-refractivity contribution < 1.29 is 24.1 Å². The fraction of sp³-hybridized carbons (Fsp3) is 0.238. The average Bonchev–Trinajstić information content (AvgIpc) is 3.55. The van der Waals surface area contributed by atoms with E-state index in [1.165, 1.54) is 15.0 Å². The lowest BCUT2D eigenvalue weighted by atomic mass is 9.93. The van der Waals surface area contributed by atoms with Gasteiger partial charge in [-0.15, -0.1) is 11.3 Å². The predicted octanol–water partition coefficient (Wildman–Crippen LogP) is 9.80. The van der Waals surface area contributed by atoms with Crippen LogP contribution in [0, 0.1) is 0 Å². The second-order valence-electron chi connectivity index (χ2n) is 12.4. The second kappa shape index (κ2) is 15.6. The summed E-state index contributed by atoms with van der Waals surface area (Å²) in [5.74, 6) is 0.837. The zero-order valence-electron chi connectivity index (χ0n) is 26.9. The minimum atomic E-state index is -0.308. The zero-order chi connectivity index (χ0) is 32.5. The van der Waals surface area contributed by atoms with E-state index in [1.54, 1.807) is 17.4 Å². The third-order valence-corrected chi connectivity index (χ3v) is 9.86. The molecule has 0 bridgehead atoms. The normalized spacial score (nSPS) is 17.8. The minimum absolute atomic E-state index is 0.0453. The molecule has 1 aromatic heterocycles. The van der Waals surface area contributed by atoms with Crippen LogP contribution in [0.4, 0.5) is 0 Å². The van der Waals surface area contributed by atoms with Crippen LogP contribution in [0.25, 0.3) is 10.1 Å². The molecule has 1 fully saturated rings. The molecule has 5 nitrogen and oxygen atoms in total. The lowest BCUT2D eigenvalue weighted by Gasteiger charge is -2.36. The lowest BCUT2D eigenvalue weighted by molar-refractivity contribution is -0.142. The maximum absolute atomic E-state index is 11.3. The summed E-state index contributed by atoms with van der Waals surface area (Å²) in [6, 6.07) is 45.0. The first kappa shape index (κ1) is 32.1. The summed E-state index contributed by atoms with van der Waals surface area (Å²) >= 11 is 1.76. The Labute approximate surface area is 286 Å². The molecule has 3 atom stereocenters. The third-order valence-electron chi connectivity index (χ3n) is 8.74. The van der Waals surface area contributed by atoms with Crippen LogP contribution in [-0.2, 0) is 40.5 Å². The van der Waals surface area contributed by atoms with Crippen molar-refractivity contribution in [2.24, 2.45) is 0 Å². The summed E-state index contributed by atoms with van der Waals surface area (Å²) in [6.07, 6.45) is 1.48. The smallest absolute Gasteiger partial charge is 0.129 e. The zero-order valence-corrected chi connectivity index (χ0v) is 27.7. The molecule has 0 saturated carbocycles. The lowest BCUT2D eigenvalue weighted by Crippen LogP contribution is -2.36. The van der Waals surface area contributed by atoms with Gasteiger partial charge >= 0.3 is 0 Å². The molecule has 1 N–H and O–H groups in total. The molecule has 1 aliphatic rings. The fourth-order valence-electron chi connectivity index (χ4n) is 6.28. The topological polar surface area (TPSA) is 57.2 Å². The van der Waals surface area contributed by atoms with Gasteiger partial charge < -0.3 is 24.1 Å². The fourth-order valence-corrected chi connectivity index (χ4v) is 7.37. The number of hydrogen-bond donors (Lipinski definition) is 1. The Morgan fingerprint density at radius 2 is 1.33 bits per heavy atom. The second-order valence-corrected chi connectivity index (χ2v) is 13.5. The summed E-state index contributed by atoms with van der Waals surface area (Å²) in [7, 11) is 0. The van der Waals surface area contributed by atoms with E-state index in [9.17, 15) is 5.11 Å². The van der Waals surface area contributed by atoms with Crippen molar-refractivity contribution in [1.82, 2.24) is 0 Å². The van der Waals surface area contributed by atoms with Crippen molar-refractivity contribution in [2.75, 3.05) is 6.61 Å². The molecule has 0 aliphatic carbocycles. The first-order chi connectivity index (χ1) is 23.7. The first-order valence-corrected chi connectivity index (χ1v) is 17.4. The molecule has 0 radical (unpaired) electrons. The number of rotatable bonds is 13. The Morgan fingerprint density at radius 1 is 0.688 bits per heavy atom. The van der Waals surface area contributed by atoms with Gasteiger partial charge in [-0.05, 0) is 45.8 Å². The molecule has 1 saturated heterocycles. The SMILES string of the molecule is Oc1cc(OCc2ccccc2)c(C2CC(OCc3ccccc3)CC(COCc3ccccc3)O2)cc1Cc1cc2ccccc2s1. The quantitative estimate of drug-likeness (QED) is 0.134. The molecular formula is C42H40O5S. The van der Waals surface area contributed by atoms with E-state index in [-0.39, 0.29) is 24.1 Å². The monoisotopic (exact) mass is 656 g/mol. The van der Waals surface area contributed by atoms with Crippen LogP contribution in [0.5, 0.6) is 11.5 Å². The van der Waals surface area contributed by atoms with Crippen molar-refractivity contribution >= 4 is 21.4 Å². The van der Waals surface area contributed by atoms with E-state index in [4.69, 9.17) is 18.9 Å². The number of hydrogen-bond acceptors (Lipinski definition) is 6. The summed E-state index contributed by atoms with van der Waals surface area (Å²) in [6.45, 7) is 1.88. The van der Waals surface area contributed by atoms with Gasteiger partial charge in [-0.1, -0.05) is 109 Å².